The summed E-state index contributed by atoms with van der Waals surface area (Å²) in [5.41, 5.74) is 3.52. The van der Waals surface area contributed by atoms with E-state index in [0.29, 0.717) is 40.2 Å². The molecule has 1 atom stereocenters. The molecule has 3 heterocycles. The minimum Gasteiger partial charge on any atom is -0.497 e. The number of amides is 1. The normalized spacial score (nSPS) is 14.7. The summed E-state index contributed by atoms with van der Waals surface area (Å²) >= 11 is 0. The lowest BCUT2D eigenvalue weighted by molar-refractivity contribution is -0.113. The van der Waals surface area contributed by atoms with E-state index in [0.717, 1.165) is 11.1 Å². The van der Waals surface area contributed by atoms with Gasteiger partial charge in [-0.25, -0.2) is 4.68 Å². The van der Waals surface area contributed by atoms with Gasteiger partial charge in [-0.05, 0) is 48.9 Å². The summed E-state index contributed by atoms with van der Waals surface area (Å²) in [6.07, 6.45) is 3.40. The number of fused-ring (bicyclic) bond motifs is 1. The summed E-state index contributed by atoms with van der Waals surface area (Å²) < 4.78 is 12.5. The quantitative estimate of drug-likeness (QED) is 0.435. The number of para-hydroxylation sites is 1. The van der Waals surface area contributed by atoms with Crippen LogP contribution < -0.4 is 20.1 Å². The summed E-state index contributed by atoms with van der Waals surface area (Å²) in [4.78, 5) is 22.4. The molecule has 0 bridgehead atoms. The van der Waals surface area contributed by atoms with E-state index < -0.39 is 6.04 Å². The van der Waals surface area contributed by atoms with Gasteiger partial charge in [0.2, 0.25) is 5.95 Å². The van der Waals surface area contributed by atoms with Crippen molar-refractivity contribution in [2.75, 3.05) is 24.9 Å². The third kappa shape index (κ3) is 4.31. The van der Waals surface area contributed by atoms with Gasteiger partial charge in [-0.3, -0.25) is 9.78 Å². The Kier molecular flexibility index (Phi) is 5.88. The number of carbonyl (C=O) groups is 1. The first-order chi connectivity index (χ1) is 17.1. The first-order valence-corrected chi connectivity index (χ1v) is 11.0. The van der Waals surface area contributed by atoms with Gasteiger partial charge in [0, 0.05) is 35.4 Å². The van der Waals surface area contributed by atoms with Crippen LogP contribution in [0.4, 0.5) is 11.6 Å². The second-order valence-corrected chi connectivity index (χ2v) is 7.97. The predicted molar refractivity (Wildman–Crippen MR) is 132 cm³/mol. The zero-order chi connectivity index (χ0) is 24.4. The van der Waals surface area contributed by atoms with Crippen LogP contribution in [0.2, 0.25) is 0 Å². The number of nitrogens with one attached hydrogen (secondary N) is 2. The Morgan fingerprint density at radius 2 is 1.69 bits per heavy atom. The molecular formula is C26H24N6O3. The number of nitrogens with zero attached hydrogens (tertiary/aromatic N) is 4. The Bertz CT molecular complexity index is 1380. The van der Waals surface area contributed by atoms with Gasteiger partial charge in [-0.1, -0.05) is 18.2 Å². The van der Waals surface area contributed by atoms with Gasteiger partial charge in [0.15, 0.2) is 5.82 Å². The minimum absolute atomic E-state index is 0.228. The average molecular weight is 469 g/mol. The van der Waals surface area contributed by atoms with Crippen LogP contribution in [0, 0.1) is 0 Å². The molecule has 2 aromatic carbocycles. The van der Waals surface area contributed by atoms with Crippen LogP contribution in [-0.2, 0) is 4.79 Å². The van der Waals surface area contributed by atoms with Gasteiger partial charge >= 0.3 is 0 Å². The summed E-state index contributed by atoms with van der Waals surface area (Å²) in [5.74, 6) is 2.03. The largest absolute Gasteiger partial charge is 0.497 e. The number of benzene rings is 2. The van der Waals surface area contributed by atoms with Gasteiger partial charge in [-0.15, -0.1) is 5.10 Å². The molecule has 5 rings (SSSR count). The molecular weight excluding hydrogens is 444 g/mol. The fourth-order valence-electron chi connectivity index (χ4n) is 4.08. The highest BCUT2D eigenvalue weighted by Gasteiger charge is 2.34. The first kappa shape index (κ1) is 22.1. The van der Waals surface area contributed by atoms with Crippen molar-refractivity contribution in [2.45, 2.75) is 13.0 Å². The molecule has 0 radical (unpaired) electrons. The third-order valence-electron chi connectivity index (χ3n) is 5.76. The monoisotopic (exact) mass is 468 g/mol. The number of anilines is 2. The number of hydrogen-bond donors (Lipinski definition) is 2. The van der Waals surface area contributed by atoms with Crippen LogP contribution in [0.25, 0.3) is 11.4 Å². The number of carbonyl (C=O) groups excluding carboxylic acids is 1. The lowest BCUT2D eigenvalue weighted by Crippen LogP contribution is -2.31. The molecule has 1 unspecified atom stereocenters. The molecule has 0 fully saturated rings. The molecule has 35 heavy (non-hydrogen) atoms. The van der Waals surface area contributed by atoms with E-state index in [1.54, 1.807) is 37.4 Å². The number of allylic oxidation sites excluding steroid dienone is 1. The number of ether oxygens (including phenoxy) is 2. The Labute approximate surface area is 202 Å². The molecule has 176 valence electrons. The fourth-order valence-corrected chi connectivity index (χ4v) is 4.08. The maximum atomic E-state index is 13.5. The maximum absolute atomic E-state index is 13.5. The van der Waals surface area contributed by atoms with E-state index in [-0.39, 0.29) is 5.91 Å². The standard InChI is InChI=1S/C26H24N6O3/c1-16-22(25(33)29-19-7-5-4-6-8-19)23(17-9-11-27-12-10-17)32-26(28-16)30-24(31-32)18-13-20(34-2)15-21(14-18)35-3/h4-15,23H,1-3H3,(H,29,33)(H,28,30,31). The van der Waals surface area contributed by atoms with Crippen LogP contribution in [0.15, 0.2) is 84.3 Å². The molecule has 4 aromatic rings. The average Bonchev–Trinajstić information content (AvgIpc) is 3.32. The van der Waals surface area contributed by atoms with Crippen molar-refractivity contribution in [2.24, 2.45) is 0 Å². The van der Waals surface area contributed by atoms with Gasteiger partial charge in [0.05, 0.1) is 19.8 Å². The van der Waals surface area contributed by atoms with Crippen molar-refractivity contribution in [1.29, 1.82) is 0 Å². The van der Waals surface area contributed by atoms with Gasteiger partial charge in [-0.2, -0.15) is 4.98 Å². The molecule has 0 saturated carbocycles. The molecule has 0 spiro atoms. The van der Waals surface area contributed by atoms with E-state index in [1.165, 1.54) is 0 Å². The van der Waals surface area contributed by atoms with Crippen LogP contribution in [0.3, 0.4) is 0 Å². The highest BCUT2D eigenvalue weighted by molar-refractivity contribution is 6.06. The van der Waals surface area contributed by atoms with Crippen LogP contribution >= 0.6 is 0 Å². The molecule has 2 N–H and O–H groups in total. The van der Waals surface area contributed by atoms with Gasteiger partial charge in [0.25, 0.3) is 5.91 Å². The maximum Gasteiger partial charge on any atom is 0.255 e. The second kappa shape index (κ2) is 9.30. The number of aromatic nitrogens is 4. The third-order valence-corrected chi connectivity index (χ3v) is 5.76. The Balaban J connectivity index is 1.60. The summed E-state index contributed by atoms with van der Waals surface area (Å²) in [7, 11) is 3.19. The molecule has 0 aliphatic carbocycles. The van der Waals surface area contributed by atoms with Crippen molar-refractivity contribution in [1.82, 2.24) is 19.7 Å². The Morgan fingerprint density at radius 3 is 2.34 bits per heavy atom. The second-order valence-electron chi connectivity index (χ2n) is 7.97. The Morgan fingerprint density at radius 1 is 1.00 bits per heavy atom. The van der Waals surface area contributed by atoms with Gasteiger partial charge < -0.3 is 20.1 Å². The summed E-state index contributed by atoms with van der Waals surface area (Å²) in [6.45, 7) is 1.86. The molecule has 1 amide bonds. The number of rotatable bonds is 6. The van der Waals surface area contributed by atoms with Crippen molar-refractivity contribution in [3.8, 4) is 22.9 Å². The minimum atomic E-state index is -0.508. The smallest absolute Gasteiger partial charge is 0.255 e. The zero-order valence-electron chi connectivity index (χ0n) is 19.5. The van der Waals surface area contributed by atoms with Crippen molar-refractivity contribution < 1.29 is 14.3 Å². The van der Waals surface area contributed by atoms with Gasteiger partial charge in [0.1, 0.15) is 17.5 Å². The highest BCUT2D eigenvalue weighted by Crippen LogP contribution is 2.37. The summed E-state index contributed by atoms with van der Waals surface area (Å²) in [6, 6.07) is 18.1. The molecule has 1 aliphatic rings. The number of methoxy groups -OCH3 is 2. The topological polar surface area (TPSA) is 103 Å². The lowest BCUT2D eigenvalue weighted by atomic mass is 9.96. The van der Waals surface area contributed by atoms with Crippen molar-refractivity contribution >= 4 is 17.5 Å². The van der Waals surface area contributed by atoms with Crippen LogP contribution in [-0.4, -0.2) is 39.9 Å². The lowest BCUT2D eigenvalue weighted by Gasteiger charge is -2.28. The van der Waals surface area contributed by atoms with Crippen molar-refractivity contribution in [3.05, 3.63) is 89.9 Å². The van der Waals surface area contributed by atoms with E-state index in [1.807, 2.05) is 61.5 Å². The highest BCUT2D eigenvalue weighted by atomic mass is 16.5. The first-order valence-electron chi connectivity index (χ1n) is 11.0. The SMILES string of the molecule is COc1cc(OC)cc(-c2nc3n(n2)C(c2ccncc2)C(C(=O)Nc2ccccc2)=C(C)N3)c1. The van der Waals surface area contributed by atoms with Crippen LogP contribution in [0.1, 0.15) is 18.5 Å². The van der Waals surface area contributed by atoms with E-state index in [9.17, 15) is 4.79 Å². The van der Waals surface area contributed by atoms with Crippen molar-refractivity contribution in [3.63, 3.8) is 0 Å². The molecule has 2 aromatic heterocycles. The molecule has 9 heteroatoms. The molecule has 9 nitrogen and oxygen atoms in total. The number of hydrogen-bond acceptors (Lipinski definition) is 7. The zero-order valence-corrected chi connectivity index (χ0v) is 19.5. The van der Waals surface area contributed by atoms with Crippen LogP contribution in [0.5, 0.6) is 11.5 Å². The number of pyridine rings is 1. The van der Waals surface area contributed by atoms with E-state index in [4.69, 9.17) is 19.6 Å². The summed E-state index contributed by atoms with van der Waals surface area (Å²) in [5, 5.41) is 11.0. The van der Waals surface area contributed by atoms with E-state index >= 15 is 0 Å². The Hall–Kier alpha value is -4.66. The predicted octanol–water partition coefficient (Wildman–Crippen LogP) is 4.28. The van der Waals surface area contributed by atoms with E-state index in [2.05, 4.69) is 15.6 Å². The molecule has 0 saturated heterocycles. The fraction of sp³-hybridized carbons (Fsp3) is 0.154. The molecule has 1 aliphatic heterocycles.